The summed E-state index contributed by atoms with van der Waals surface area (Å²) in [5, 5.41) is 19.2. The van der Waals surface area contributed by atoms with Crippen molar-refractivity contribution in [1.29, 1.82) is 0 Å². The Bertz CT molecular complexity index is 1090. The fourth-order valence-corrected chi connectivity index (χ4v) is 3.06. The molecule has 9 nitrogen and oxygen atoms in total. The molecule has 1 atom stereocenters. The quantitative estimate of drug-likeness (QED) is 0.339. The van der Waals surface area contributed by atoms with Gasteiger partial charge in [0.05, 0.1) is 11.1 Å². The summed E-state index contributed by atoms with van der Waals surface area (Å²) >= 11 is 0. The third kappa shape index (κ3) is 5.33. The van der Waals surface area contributed by atoms with E-state index in [0.717, 1.165) is 16.9 Å². The molecule has 2 aromatic carbocycles. The van der Waals surface area contributed by atoms with Gasteiger partial charge in [-0.05, 0) is 56.2 Å². The first-order chi connectivity index (χ1) is 14.9. The van der Waals surface area contributed by atoms with Crippen molar-refractivity contribution in [3.8, 4) is 5.75 Å². The molecule has 0 saturated heterocycles. The predicted molar refractivity (Wildman–Crippen MR) is 116 cm³/mol. The minimum Gasteiger partial charge on any atom is -0.489 e. The second kappa shape index (κ2) is 9.66. The van der Waals surface area contributed by atoms with E-state index in [1.165, 1.54) is 17.8 Å². The second-order valence-electron chi connectivity index (χ2n) is 6.97. The fraction of sp³-hybridized carbons (Fsp3) is 0.227. The molecule has 160 valence electrons. The first-order valence-electron chi connectivity index (χ1n) is 9.66. The molecule has 9 heteroatoms. The standard InChI is InChI=1S/C22H23N5O4/c1-15-21(27(29)30)16(2)26(25-15)17(3)22(28)24-23-13-18-9-11-20(12-10-18)31-14-19-7-5-4-6-8-19/h4-13,17H,14H2,1-3H3,(H,24,28). The number of hydrazone groups is 1. The van der Waals surface area contributed by atoms with Crippen LogP contribution in [-0.4, -0.2) is 26.8 Å². The normalized spacial score (nSPS) is 12.0. The molecular weight excluding hydrogens is 398 g/mol. The van der Waals surface area contributed by atoms with Crippen molar-refractivity contribution in [3.05, 3.63) is 87.2 Å². The van der Waals surface area contributed by atoms with Gasteiger partial charge >= 0.3 is 5.69 Å². The largest absolute Gasteiger partial charge is 0.489 e. The van der Waals surface area contributed by atoms with Gasteiger partial charge < -0.3 is 4.74 Å². The van der Waals surface area contributed by atoms with Gasteiger partial charge in [0.2, 0.25) is 0 Å². The summed E-state index contributed by atoms with van der Waals surface area (Å²) in [7, 11) is 0. The van der Waals surface area contributed by atoms with Gasteiger partial charge in [-0.15, -0.1) is 0 Å². The van der Waals surface area contributed by atoms with E-state index in [9.17, 15) is 14.9 Å². The predicted octanol–water partition coefficient (Wildman–Crippen LogP) is 3.70. The molecule has 1 aromatic heterocycles. The Hall–Kier alpha value is -4.01. The Morgan fingerprint density at radius 1 is 1.23 bits per heavy atom. The van der Waals surface area contributed by atoms with Gasteiger partial charge in [0.1, 0.15) is 29.8 Å². The molecule has 0 bridgehead atoms. The van der Waals surface area contributed by atoms with E-state index in [1.807, 2.05) is 54.6 Å². The lowest BCUT2D eigenvalue weighted by Gasteiger charge is -2.11. The zero-order valence-corrected chi connectivity index (χ0v) is 17.5. The molecule has 0 radical (unpaired) electrons. The van der Waals surface area contributed by atoms with Crippen LogP contribution in [0.2, 0.25) is 0 Å². The Morgan fingerprint density at radius 3 is 2.52 bits per heavy atom. The molecule has 1 N–H and O–H groups in total. The number of aryl methyl sites for hydroxylation is 1. The van der Waals surface area contributed by atoms with Gasteiger partial charge in [-0.25, -0.2) is 5.43 Å². The number of nitrogens with zero attached hydrogens (tertiary/aromatic N) is 4. The van der Waals surface area contributed by atoms with Crippen LogP contribution in [-0.2, 0) is 11.4 Å². The van der Waals surface area contributed by atoms with Gasteiger partial charge in [-0.1, -0.05) is 30.3 Å². The monoisotopic (exact) mass is 421 g/mol. The van der Waals surface area contributed by atoms with Crippen molar-refractivity contribution >= 4 is 17.8 Å². The summed E-state index contributed by atoms with van der Waals surface area (Å²) in [5.74, 6) is 0.296. The number of carbonyl (C=O) groups is 1. The number of nitro groups is 1. The highest BCUT2D eigenvalue weighted by molar-refractivity contribution is 5.84. The first-order valence-corrected chi connectivity index (χ1v) is 9.66. The molecular formula is C22H23N5O4. The third-order valence-electron chi connectivity index (χ3n) is 4.73. The lowest BCUT2D eigenvalue weighted by atomic mass is 10.2. The molecule has 1 amide bonds. The van der Waals surface area contributed by atoms with Crippen LogP contribution in [0.25, 0.3) is 0 Å². The van der Waals surface area contributed by atoms with Crippen LogP contribution in [0.3, 0.4) is 0 Å². The molecule has 31 heavy (non-hydrogen) atoms. The lowest BCUT2D eigenvalue weighted by Crippen LogP contribution is -2.28. The number of ether oxygens (including phenoxy) is 1. The van der Waals surface area contributed by atoms with Crippen molar-refractivity contribution in [2.75, 3.05) is 0 Å². The molecule has 1 heterocycles. The summed E-state index contributed by atoms with van der Waals surface area (Å²) in [6, 6.07) is 16.4. The number of aromatic nitrogens is 2. The SMILES string of the molecule is Cc1nn(C(C)C(=O)NN=Cc2ccc(OCc3ccccc3)cc2)c(C)c1[N+](=O)[O-]. The van der Waals surface area contributed by atoms with Gasteiger partial charge in [-0.3, -0.25) is 19.6 Å². The van der Waals surface area contributed by atoms with E-state index in [0.29, 0.717) is 12.3 Å². The highest BCUT2D eigenvalue weighted by atomic mass is 16.6. The van der Waals surface area contributed by atoms with Gasteiger partial charge in [-0.2, -0.15) is 10.2 Å². The van der Waals surface area contributed by atoms with Gasteiger partial charge in [0.25, 0.3) is 5.91 Å². The van der Waals surface area contributed by atoms with Crippen LogP contribution in [0.1, 0.15) is 35.5 Å². The highest BCUT2D eigenvalue weighted by Gasteiger charge is 2.26. The number of rotatable bonds is 8. The molecule has 0 aliphatic heterocycles. The smallest absolute Gasteiger partial charge is 0.312 e. The van der Waals surface area contributed by atoms with Crippen molar-refractivity contribution in [2.45, 2.75) is 33.4 Å². The zero-order valence-electron chi connectivity index (χ0n) is 17.5. The van der Waals surface area contributed by atoms with Crippen molar-refractivity contribution < 1.29 is 14.5 Å². The van der Waals surface area contributed by atoms with E-state index in [-0.39, 0.29) is 11.4 Å². The zero-order chi connectivity index (χ0) is 22.4. The van der Waals surface area contributed by atoms with E-state index in [1.54, 1.807) is 13.8 Å². The molecule has 3 rings (SSSR count). The number of benzene rings is 2. The maximum atomic E-state index is 12.4. The Kier molecular flexibility index (Phi) is 6.76. The summed E-state index contributed by atoms with van der Waals surface area (Å²) in [4.78, 5) is 23.0. The minimum atomic E-state index is -0.752. The van der Waals surface area contributed by atoms with Crippen LogP contribution < -0.4 is 10.2 Å². The average Bonchev–Trinajstić information content (AvgIpc) is 3.07. The highest BCUT2D eigenvalue weighted by Crippen LogP contribution is 2.24. The summed E-state index contributed by atoms with van der Waals surface area (Å²) in [6.07, 6.45) is 1.51. The maximum absolute atomic E-state index is 12.4. The van der Waals surface area contributed by atoms with Crippen LogP contribution in [0.4, 0.5) is 5.69 Å². The lowest BCUT2D eigenvalue weighted by molar-refractivity contribution is -0.386. The molecule has 0 spiro atoms. The number of amides is 1. The van der Waals surface area contributed by atoms with E-state index in [2.05, 4.69) is 15.6 Å². The van der Waals surface area contributed by atoms with Crippen molar-refractivity contribution in [3.63, 3.8) is 0 Å². The molecule has 0 fully saturated rings. The van der Waals surface area contributed by atoms with Crippen LogP contribution >= 0.6 is 0 Å². The van der Waals surface area contributed by atoms with E-state index in [4.69, 9.17) is 4.74 Å². The summed E-state index contributed by atoms with van der Waals surface area (Å²) in [6.45, 7) is 5.18. The molecule has 3 aromatic rings. The topological polar surface area (TPSA) is 112 Å². The molecule has 0 aliphatic rings. The maximum Gasteiger partial charge on any atom is 0.312 e. The third-order valence-corrected chi connectivity index (χ3v) is 4.73. The van der Waals surface area contributed by atoms with Gasteiger partial charge in [0.15, 0.2) is 0 Å². The average molecular weight is 421 g/mol. The Morgan fingerprint density at radius 2 is 1.90 bits per heavy atom. The number of hydrogen-bond donors (Lipinski definition) is 1. The Labute approximate surface area is 179 Å². The fourth-order valence-electron chi connectivity index (χ4n) is 3.06. The summed E-state index contributed by atoms with van der Waals surface area (Å²) < 4.78 is 7.07. The van der Waals surface area contributed by atoms with Crippen molar-refractivity contribution in [1.82, 2.24) is 15.2 Å². The van der Waals surface area contributed by atoms with Crippen LogP contribution in [0.5, 0.6) is 5.75 Å². The minimum absolute atomic E-state index is 0.0854. The number of carbonyl (C=O) groups excluding carboxylic acids is 1. The molecule has 0 saturated carbocycles. The van der Waals surface area contributed by atoms with Crippen LogP contribution in [0.15, 0.2) is 59.7 Å². The van der Waals surface area contributed by atoms with E-state index < -0.39 is 16.9 Å². The van der Waals surface area contributed by atoms with Crippen molar-refractivity contribution in [2.24, 2.45) is 5.10 Å². The number of hydrogen-bond acceptors (Lipinski definition) is 6. The van der Waals surface area contributed by atoms with Gasteiger partial charge in [0, 0.05) is 0 Å². The molecule has 1 unspecified atom stereocenters. The summed E-state index contributed by atoms with van der Waals surface area (Å²) in [5.41, 5.74) is 4.80. The number of nitrogens with one attached hydrogen (secondary N) is 1. The Balaban J connectivity index is 1.56. The second-order valence-corrected chi connectivity index (χ2v) is 6.97. The molecule has 0 aliphatic carbocycles. The first kappa shape index (κ1) is 21.7. The van der Waals surface area contributed by atoms with E-state index >= 15 is 0 Å². The van der Waals surface area contributed by atoms with Crippen LogP contribution in [0, 0.1) is 24.0 Å².